The molecular formula is C19H30O4. The number of hydrogen-bond acceptors (Lipinski definition) is 3. The molecule has 4 nitrogen and oxygen atoms in total. The van der Waals surface area contributed by atoms with Gasteiger partial charge in [-0.2, -0.15) is 0 Å². The summed E-state index contributed by atoms with van der Waals surface area (Å²) >= 11 is 0. The summed E-state index contributed by atoms with van der Waals surface area (Å²) in [5.41, 5.74) is 0. The van der Waals surface area contributed by atoms with Crippen LogP contribution in [0.25, 0.3) is 0 Å². The summed E-state index contributed by atoms with van der Waals surface area (Å²) in [7, 11) is 0. The van der Waals surface area contributed by atoms with E-state index >= 15 is 0 Å². The lowest BCUT2D eigenvalue weighted by molar-refractivity contribution is -0.143. The minimum atomic E-state index is -0.607. The van der Waals surface area contributed by atoms with Gasteiger partial charge in [0.1, 0.15) is 0 Å². The van der Waals surface area contributed by atoms with E-state index in [1.807, 2.05) is 0 Å². The molecule has 2 rings (SSSR count). The standard InChI is InChI=1S/C19H30O4/c1-2-18(20)23-13-3-4-14-5-7-15(8-6-14)16-9-11-17(12-10-16)19(21)22/h2,14-17H,1,3-13H2,(H,21,22)/t14-,15-,16?,17?. The Kier molecular flexibility index (Phi) is 7.13. The highest BCUT2D eigenvalue weighted by Gasteiger charge is 2.32. The monoisotopic (exact) mass is 322 g/mol. The summed E-state index contributed by atoms with van der Waals surface area (Å²) in [5.74, 6) is 1.29. The van der Waals surface area contributed by atoms with E-state index in [9.17, 15) is 9.59 Å². The molecule has 0 unspecified atom stereocenters. The van der Waals surface area contributed by atoms with Gasteiger partial charge in [-0.15, -0.1) is 0 Å². The Labute approximate surface area is 139 Å². The van der Waals surface area contributed by atoms with Gasteiger partial charge in [0.05, 0.1) is 12.5 Å². The van der Waals surface area contributed by atoms with E-state index < -0.39 is 5.97 Å². The number of ether oxygens (including phenoxy) is 1. The third kappa shape index (κ3) is 5.67. The van der Waals surface area contributed by atoms with E-state index in [-0.39, 0.29) is 11.9 Å². The highest BCUT2D eigenvalue weighted by Crippen LogP contribution is 2.42. The van der Waals surface area contributed by atoms with Gasteiger partial charge < -0.3 is 9.84 Å². The third-order valence-electron chi connectivity index (χ3n) is 5.85. The molecule has 0 heterocycles. The first-order chi connectivity index (χ1) is 11.1. The van der Waals surface area contributed by atoms with E-state index in [0.29, 0.717) is 6.61 Å². The SMILES string of the molecule is C=CC(=O)OCCC[C@H]1CC[C@H](C2CCC(C(=O)O)CC2)CC1. The number of rotatable bonds is 7. The van der Waals surface area contributed by atoms with Gasteiger partial charge in [-0.3, -0.25) is 4.79 Å². The average Bonchev–Trinajstić information content (AvgIpc) is 2.59. The molecule has 0 atom stereocenters. The van der Waals surface area contributed by atoms with Crippen molar-refractivity contribution in [1.82, 2.24) is 0 Å². The fourth-order valence-corrected chi connectivity index (χ4v) is 4.39. The topological polar surface area (TPSA) is 63.6 Å². The Morgan fingerprint density at radius 2 is 1.57 bits per heavy atom. The number of hydrogen-bond donors (Lipinski definition) is 1. The molecule has 2 fully saturated rings. The van der Waals surface area contributed by atoms with Crippen molar-refractivity contribution >= 4 is 11.9 Å². The Morgan fingerprint density at radius 3 is 2.09 bits per heavy atom. The molecule has 2 aliphatic rings. The molecule has 0 aromatic carbocycles. The van der Waals surface area contributed by atoms with E-state index in [2.05, 4.69) is 6.58 Å². The number of esters is 1. The van der Waals surface area contributed by atoms with E-state index in [1.165, 1.54) is 31.8 Å². The Morgan fingerprint density at radius 1 is 1.00 bits per heavy atom. The molecule has 0 aliphatic heterocycles. The number of carbonyl (C=O) groups excluding carboxylic acids is 1. The van der Waals surface area contributed by atoms with Crippen molar-refractivity contribution in [2.24, 2.45) is 23.7 Å². The number of carboxylic acid groups (broad SMARTS) is 1. The summed E-state index contributed by atoms with van der Waals surface area (Å²) < 4.78 is 5.02. The van der Waals surface area contributed by atoms with Crippen molar-refractivity contribution in [2.45, 2.75) is 64.2 Å². The van der Waals surface area contributed by atoms with Crippen molar-refractivity contribution in [3.63, 3.8) is 0 Å². The summed E-state index contributed by atoms with van der Waals surface area (Å²) in [5, 5.41) is 9.09. The minimum absolute atomic E-state index is 0.0964. The van der Waals surface area contributed by atoms with Crippen LogP contribution in [0.4, 0.5) is 0 Å². The third-order valence-corrected chi connectivity index (χ3v) is 5.85. The molecule has 130 valence electrons. The van der Waals surface area contributed by atoms with Crippen molar-refractivity contribution in [3.8, 4) is 0 Å². The second kappa shape index (κ2) is 9.09. The average molecular weight is 322 g/mol. The van der Waals surface area contributed by atoms with Gasteiger partial charge in [0.15, 0.2) is 0 Å². The zero-order chi connectivity index (χ0) is 16.7. The molecule has 2 aliphatic carbocycles. The maximum absolute atomic E-state index is 11.0. The lowest BCUT2D eigenvalue weighted by Gasteiger charge is -2.37. The molecule has 4 heteroatoms. The summed E-state index contributed by atoms with van der Waals surface area (Å²) in [6.07, 6.45) is 12.4. The minimum Gasteiger partial charge on any atom is -0.481 e. The van der Waals surface area contributed by atoms with Gasteiger partial charge in [-0.05, 0) is 69.1 Å². The Bertz CT molecular complexity index is 402. The van der Waals surface area contributed by atoms with Crippen LogP contribution >= 0.6 is 0 Å². The molecule has 0 aromatic heterocycles. The van der Waals surface area contributed by atoms with Crippen LogP contribution in [0.1, 0.15) is 64.2 Å². The van der Waals surface area contributed by atoms with Gasteiger partial charge in [0, 0.05) is 6.08 Å². The molecule has 1 N–H and O–H groups in total. The van der Waals surface area contributed by atoms with Crippen molar-refractivity contribution in [3.05, 3.63) is 12.7 Å². The number of aliphatic carboxylic acids is 1. The van der Waals surface area contributed by atoms with E-state index in [4.69, 9.17) is 9.84 Å². The molecular weight excluding hydrogens is 292 g/mol. The summed E-state index contributed by atoms with van der Waals surface area (Å²) in [4.78, 5) is 22.0. The van der Waals surface area contributed by atoms with Crippen molar-refractivity contribution in [2.75, 3.05) is 6.61 Å². The Balaban J connectivity index is 1.60. The fourth-order valence-electron chi connectivity index (χ4n) is 4.39. The van der Waals surface area contributed by atoms with Crippen LogP contribution in [0, 0.1) is 23.7 Å². The molecule has 0 saturated heterocycles. The Hall–Kier alpha value is -1.32. The molecule has 0 aromatic rings. The van der Waals surface area contributed by atoms with Crippen LogP contribution in [-0.2, 0) is 14.3 Å². The van der Waals surface area contributed by atoms with Crippen LogP contribution in [0.3, 0.4) is 0 Å². The van der Waals surface area contributed by atoms with Crippen LogP contribution in [0.2, 0.25) is 0 Å². The van der Waals surface area contributed by atoms with Gasteiger partial charge in [-0.25, -0.2) is 4.79 Å². The highest BCUT2D eigenvalue weighted by atomic mass is 16.5. The second-order valence-electron chi connectivity index (χ2n) is 7.24. The summed E-state index contributed by atoms with van der Waals surface area (Å²) in [6.45, 7) is 3.89. The van der Waals surface area contributed by atoms with Gasteiger partial charge in [-0.1, -0.05) is 19.4 Å². The van der Waals surface area contributed by atoms with Gasteiger partial charge >= 0.3 is 11.9 Å². The van der Waals surface area contributed by atoms with Gasteiger partial charge in [0.25, 0.3) is 0 Å². The maximum atomic E-state index is 11.0. The zero-order valence-corrected chi connectivity index (χ0v) is 14.0. The predicted octanol–water partition coefficient (Wildman–Crippen LogP) is 4.19. The van der Waals surface area contributed by atoms with Gasteiger partial charge in [0.2, 0.25) is 0 Å². The normalized spacial score (nSPS) is 31.3. The quantitative estimate of drug-likeness (QED) is 0.433. The lowest BCUT2D eigenvalue weighted by atomic mass is 9.69. The lowest BCUT2D eigenvalue weighted by Crippen LogP contribution is -2.28. The van der Waals surface area contributed by atoms with Crippen molar-refractivity contribution < 1.29 is 19.4 Å². The van der Waals surface area contributed by atoms with Crippen molar-refractivity contribution in [1.29, 1.82) is 0 Å². The molecule has 2 saturated carbocycles. The molecule has 0 bridgehead atoms. The first-order valence-electron chi connectivity index (χ1n) is 9.12. The summed E-state index contributed by atoms with van der Waals surface area (Å²) in [6, 6.07) is 0. The number of carbonyl (C=O) groups is 2. The first-order valence-corrected chi connectivity index (χ1v) is 9.12. The fraction of sp³-hybridized carbons (Fsp3) is 0.789. The molecule has 0 spiro atoms. The van der Waals surface area contributed by atoms with Crippen LogP contribution < -0.4 is 0 Å². The predicted molar refractivity (Wildman–Crippen MR) is 88.9 cm³/mol. The number of carboxylic acids is 1. The molecule has 0 radical (unpaired) electrons. The highest BCUT2D eigenvalue weighted by molar-refractivity contribution is 5.81. The zero-order valence-electron chi connectivity index (χ0n) is 14.0. The smallest absolute Gasteiger partial charge is 0.330 e. The van der Waals surface area contributed by atoms with E-state index in [0.717, 1.165) is 56.3 Å². The van der Waals surface area contributed by atoms with E-state index in [1.54, 1.807) is 0 Å². The van der Waals surface area contributed by atoms with Crippen LogP contribution in [-0.4, -0.2) is 23.7 Å². The molecule has 23 heavy (non-hydrogen) atoms. The largest absolute Gasteiger partial charge is 0.481 e. The maximum Gasteiger partial charge on any atom is 0.330 e. The molecule has 0 amide bonds. The van der Waals surface area contributed by atoms with Crippen LogP contribution in [0.15, 0.2) is 12.7 Å². The van der Waals surface area contributed by atoms with Crippen LogP contribution in [0.5, 0.6) is 0 Å². The second-order valence-corrected chi connectivity index (χ2v) is 7.24. The first kappa shape index (κ1) is 18.0.